The van der Waals surface area contributed by atoms with Crippen LogP contribution in [0.4, 0.5) is 5.69 Å². The van der Waals surface area contributed by atoms with E-state index in [9.17, 15) is 9.59 Å². The molecule has 0 radical (unpaired) electrons. The van der Waals surface area contributed by atoms with Crippen molar-refractivity contribution in [3.63, 3.8) is 0 Å². The van der Waals surface area contributed by atoms with E-state index in [-0.39, 0.29) is 11.5 Å². The molecule has 1 aliphatic heterocycles. The van der Waals surface area contributed by atoms with Crippen LogP contribution in [0.3, 0.4) is 0 Å². The van der Waals surface area contributed by atoms with E-state index in [0.29, 0.717) is 49.0 Å². The summed E-state index contributed by atoms with van der Waals surface area (Å²) in [5, 5.41) is 12.5. The number of amides is 1. The average Bonchev–Trinajstić information content (AvgIpc) is 3.45. The zero-order valence-electron chi connectivity index (χ0n) is 25.9. The van der Waals surface area contributed by atoms with Gasteiger partial charge in [-0.1, -0.05) is 54.1 Å². The molecule has 0 spiro atoms. The van der Waals surface area contributed by atoms with E-state index in [1.165, 1.54) is 16.8 Å². The molecule has 0 bridgehead atoms. The van der Waals surface area contributed by atoms with Crippen LogP contribution in [0.5, 0.6) is 0 Å². The topological polar surface area (TPSA) is 87.8 Å². The Hall–Kier alpha value is -4.50. The van der Waals surface area contributed by atoms with Gasteiger partial charge in [0, 0.05) is 50.7 Å². The summed E-state index contributed by atoms with van der Waals surface area (Å²) in [5.41, 5.74) is 5.42. The first-order valence-corrected chi connectivity index (χ1v) is 15.6. The minimum absolute atomic E-state index is 0.00309. The Kier molecular flexibility index (Phi) is 8.74. The van der Waals surface area contributed by atoms with Crippen molar-refractivity contribution in [2.24, 2.45) is 0 Å². The maximum absolute atomic E-state index is 13.5. The lowest BCUT2D eigenvalue weighted by atomic mass is 10.1. The molecule has 6 rings (SSSR count). The fourth-order valence-electron chi connectivity index (χ4n) is 6.27. The summed E-state index contributed by atoms with van der Waals surface area (Å²) in [4.78, 5) is 31.3. The van der Waals surface area contributed by atoms with Crippen LogP contribution >= 0.6 is 0 Å². The second kappa shape index (κ2) is 13.0. The molecule has 1 amide bonds. The van der Waals surface area contributed by atoms with Crippen molar-refractivity contribution in [3.8, 4) is 0 Å². The van der Waals surface area contributed by atoms with Crippen molar-refractivity contribution < 1.29 is 4.79 Å². The average molecular weight is 592 g/mol. The van der Waals surface area contributed by atoms with Crippen LogP contribution in [0.1, 0.15) is 42.3 Å². The van der Waals surface area contributed by atoms with Gasteiger partial charge in [-0.05, 0) is 69.1 Å². The quantitative estimate of drug-likeness (QED) is 0.243. The number of para-hydroxylation sites is 1. The van der Waals surface area contributed by atoms with Gasteiger partial charge in [0.2, 0.25) is 11.7 Å². The van der Waals surface area contributed by atoms with Gasteiger partial charge in [-0.15, -0.1) is 10.2 Å². The minimum Gasteiger partial charge on any atom is -0.366 e. The molecule has 1 N–H and O–H groups in total. The van der Waals surface area contributed by atoms with Crippen LogP contribution in [0, 0.1) is 13.8 Å². The van der Waals surface area contributed by atoms with Gasteiger partial charge in [0.25, 0.3) is 5.56 Å². The lowest BCUT2D eigenvalue weighted by Gasteiger charge is -2.41. The summed E-state index contributed by atoms with van der Waals surface area (Å²) < 4.78 is 3.60. The zero-order valence-corrected chi connectivity index (χ0v) is 25.9. The Morgan fingerprint density at radius 1 is 0.955 bits per heavy atom. The number of nitrogens with one attached hydrogen (secondary N) is 1. The summed E-state index contributed by atoms with van der Waals surface area (Å²) in [6.07, 6.45) is 1.64. The molecule has 1 saturated heterocycles. The first-order chi connectivity index (χ1) is 21.4. The number of rotatable bonds is 10. The molecule has 44 heavy (non-hydrogen) atoms. The molecule has 3 aromatic carbocycles. The van der Waals surface area contributed by atoms with Crippen molar-refractivity contribution in [2.75, 3.05) is 37.6 Å². The predicted molar refractivity (Wildman–Crippen MR) is 175 cm³/mol. The van der Waals surface area contributed by atoms with Crippen LogP contribution < -0.4 is 15.8 Å². The van der Waals surface area contributed by atoms with Crippen LogP contribution in [0.2, 0.25) is 0 Å². The Balaban J connectivity index is 1.05. The Morgan fingerprint density at radius 2 is 1.77 bits per heavy atom. The normalized spacial score (nSPS) is 15.7. The lowest BCUT2D eigenvalue weighted by molar-refractivity contribution is -0.121. The standard InChI is InChI=1S/C35H41N7O2/c1-25-12-14-28(15-13-25)24-41-34(44)30-10-4-5-11-31(30)42-32(37-38-35(41)42)16-17-33(43)36-18-7-19-39-20-21-40(27(3)23-39)29-9-6-8-26(2)22-29/h4-6,8-15,22,27H,7,16-21,23-24H2,1-3H3,(H,36,43)/t27-/m0/s1. The summed E-state index contributed by atoms with van der Waals surface area (Å²) >= 11 is 0. The molecule has 0 aliphatic carbocycles. The van der Waals surface area contributed by atoms with E-state index in [1.807, 2.05) is 59.9 Å². The van der Waals surface area contributed by atoms with Crippen LogP contribution in [-0.2, 0) is 17.8 Å². The van der Waals surface area contributed by atoms with Crippen molar-refractivity contribution in [2.45, 2.75) is 52.6 Å². The molecule has 1 fully saturated rings. The summed E-state index contributed by atoms with van der Waals surface area (Å²) in [6.45, 7) is 11.5. The van der Waals surface area contributed by atoms with E-state index in [1.54, 1.807) is 4.57 Å². The lowest BCUT2D eigenvalue weighted by Crippen LogP contribution is -2.52. The summed E-state index contributed by atoms with van der Waals surface area (Å²) in [5.74, 6) is 1.16. The highest BCUT2D eigenvalue weighted by atomic mass is 16.1. The largest absolute Gasteiger partial charge is 0.366 e. The number of carbonyl (C=O) groups excluding carboxylic acids is 1. The molecule has 0 saturated carbocycles. The number of piperazine rings is 1. The third-order valence-corrected chi connectivity index (χ3v) is 8.63. The van der Waals surface area contributed by atoms with Gasteiger partial charge in [0.15, 0.2) is 0 Å². The van der Waals surface area contributed by atoms with Crippen molar-refractivity contribution >= 4 is 28.3 Å². The van der Waals surface area contributed by atoms with Gasteiger partial charge in [-0.3, -0.25) is 23.5 Å². The molecular weight excluding hydrogens is 550 g/mol. The van der Waals surface area contributed by atoms with Crippen LogP contribution in [0.15, 0.2) is 77.6 Å². The highest BCUT2D eigenvalue weighted by molar-refractivity contribution is 5.80. The molecular formula is C35H41N7O2. The number of carbonyl (C=O) groups is 1. The van der Waals surface area contributed by atoms with E-state index in [2.05, 4.69) is 63.4 Å². The molecule has 2 aromatic heterocycles. The number of hydrogen-bond acceptors (Lipinski definition) is 6. The van der Waals surface area contributed by atoms with E-state index >= 15 is 0 Å². The monoisotopic (exact) mass is 591 g/mol. The fourth-order valence-corrected chi connectivity index (χ4v) is 6.27. The smallest absolute Gasteiger partial charge is 0.263 e. The Morgan fingerprint density at radius 3 is 2.57 bits per heavy atom. The number of fused-ring (bicyclic) bond motifs is 3. The molecule has 5 aromatic rings. The molecule has 9 nitrogen and oxygen atoms in total. The fraction of sp³-hybridized carbons (Fsp3) is 0.371. The molecule has 1 aliphatic rings. The van der Waals surface area contributed by atoms with Gasteiger partial charge in [-0.2, -0.15) is 0 Å². The van der Waals surface area contributed by atoms with Crippen molar-refractivity contribution in [3.05, 3.63) is 106 Å². The highest BCUT2D eigenvalue weighted by Crippen LogP contribution is 2.22. The maximum atomic E-state index is 13.5. The Labute approximate surface area is 258 Å². The second-order valence-electron chi connectivity index (χ2n) is 12.0. The van der Waals surface area contributed by atoms with Crippen LogP contribution in [0.25, 0.3) is 16.7 Å². The first-order valence-electron chi connectivity index (χ1n) is 15.6. The number of benzene rings is 3. The van der Waals surface area contributed by atoms with Gasteiger partial charge in [0.1, 0.15) is 5.82 Å². The second-order valence-corrected chi connectivity index (χ2v) is 12.0. The van der Waals surface area contributed by atoms with E-state index in [4.69, 9.17) is 0 Å². The molecule has 0 unspecified atom stereocenters. The first kappa shape index (κ1) is 29.6. The van der Waals surface area contributed by atoms with Gasteiger partial charge in [-0.25, -0.2) is 0 Å². The Bertz CT molecular complexity index is 1830. The third-order valence-electron chi connectivity index (χ3n) is 8.63. The van der Waals surface area contributed by atoms with Crippen molar-refractivity contribution in [1.29, 1.82) is 0 Å². The van der Waals surface area contributed by atoms with Crippen LogP contribution in [-0.4, -0.2) is 68.7 Å². The van der Waals surface area contributed by atoms with E-state index < -0.39 is 0 Å². The molecule has 9 heteroatoms. The molecule has 3 heterocycles. The minimum atomic E-state index is -0.101. The number of nitrogens with zero attached hydrogens (tertiary/aromatic N) is 6. The summed E-state index contributed by atoms with van der Waals surface area (Å²) in [6, 6.07) is 24.8. The summed E-state index contributed by atoms with van der Waals surface area (Å²) in [7, 11) is 0. The molecule has 1 atom stereocenters. The van der Waals surface area contributed by atoms with Gasteiger partial charge in [0.05, 0.1) is 17.4 Å². The number of aryl methyl sites for hydroxylation is 3. The number of anilines is 1. The number of aromatic nitrogens is 4. The third kappa shape index (κ3) is 6.38. The van der Waals surface area contributed by atoms with E-state index in [0.717, 1.165) is 43.7 Å². The maximum Gasteiger partial charge on any atom is 0.263 e. The highest BCUT2D eigenvalue weighted by Gasteiger charge is 2.23. The zero-order chi connectivity index (χ0) is 30.6. The number of hydrogen-bond donors (Lipinski definition) is 1. The SMILES string of the molecule is Cc1ccc(Cn2c(=O)c3ccccc3n3c(CCC(=O)NCCCN4CCN(c5cccc(C)c5)[C@@H](C)C4)nnc23)cc1. The molecule has 228 valence electrons. The predicted octanol–water partition coefficient (Wildman–Crippen LogP) is 4.36. The van der Waals surface area contributed by atoms with Crippen molar-refractivity contribution in [1.82, 2.24) is 29.4 Å². The van der Waals surface area contributed by atoms with Gasteiger partial charge < -0.3 is 10.2 Å². The van der Waals surface area contributed by atoms with Gasteiger partial charge >= 0.3 is 0 Å².